The molecule has 7 aromatic carbocycles. The normalized spacial score (nSPS) is 19.6. The van der Waals surface area contributed by atoms with Crippen LogP contribution in [0.5, 0.6) is 0 Å². The lowest BCUT2D eigenvalue weighted by atomic mass is 9.66. The van der Waals surface area contributed by atoms with Gasteiger partial charge < -0.3 is 0 Å². The quantitative estimate of drug-likeness (QED) is 0.162. The maximum absolute atomic E-state index is 9.58. The summed E-state index contributed by atoms with van der Waals surface area (Å²) in [4.78, 5) is 15.6. The van der Waals surface area contributed by atoms with Gasteiger partial charge in [-0.05, 0) is 111 Å². The molecule has 2 fully saturated rings. The first-order valence-electron chi connectivity index (χ1n) is 21.3. The SMILES string of the molecule is CC1(c2ccc(-c3ccc(-c4nc(-c5ccc(C#N)cc5)nc(-c5cccc6c5-c5ccccc5C6(c5ccccc5)c5ccccc5)n4)cc3)cc2)C[C@@H]2CC[C@@H](C2)C1. The predicted molar refractivity (Wildman–Crippen MR) is 241 cm³/mol. The van der Waals surface area contributed by atoms with Crippen molar-refractivity contribution in [3.63, 3.8) is 0 Å². The van der Waals surface area contributed by atoms with Gasteiger partial charge in [0.2, 0.25) is 0 Å². The number of aromatic nitrogens is 3. The molecule has 8 aromatic rings. The van der Waals surface area contributed by atoms with E-state index in [4.69, 9.17) is 15.0 Å². The molecular weight excluding hydrogens is 729 g/mol. The number of hydrogen-bond acceptors (Lipinski definition) is 4. The van der Waals surface area contributed by atoms with Gasteiger partial charge >= 0.3 is 0 Å². The van der Waals surface area contributed by atoms with E-state index in [-0.39, 0.29) is 5.41 Å². The number of hydrogen-bond donors (Lipinski definition) is 0. The highest BCUT2D eigenvalue weighted by molar-refractivity contribution is 5.94. The van der Waals surface area contributed by atoms with Crippen LogP contribution < -0.4 is 0 Å². The van der Waals surface area contributed by atoms with Crippen LogP contribution in [0.2, 0.25) is 0 Å². The first-order chi connectivity index (χ1) is 29.5. The van der Waals surface area contributed by atoms with Crippen molar-refractivity contribution in [2.24, 2.45) is 11.8 Å². The van der Waals surface area contributed by atoms with Crippen molar-refractivity contribution in [1.82, 2.24) is 15.0 Å². The van der Waals surface area contributed by atoms with Gasteiger partial charge in [-0.2, -0.15) is 5.26 Å². The average Bonchev–Trinajstić information content (AvgIpc) is 3.83. The zero-order chi connectivity index (χ0) is 40.3. The molecule has 288 valence electrons. The zero-order valence-electron chi connectivity index (χ0n) is 33.7. The monoisotopic (exact) mass is 772 g/mol. The van der Waals surface area contributed by atoms with Crippen LogP contribution in [-0.2, 0) is 10.8 Å². The standard InChI is InChI=1S/C56H44N4/c1-55(34-38-19-20-39(33-38)35-55)44-31-29-41(30-32-44)40-25-27-43(28-26-40)53-58-52(42-23-21-37(36-57)22-24-42)59-54(60-53)48-16-10-18-50-51(48)47-15-8-9-17-49(47)56(50,45-11-4-2-5-12-45)46-13-6-3-7-14-46/h2-18,21-32,38-39H,19-20,33-35H2,1H3/t38-,39+,55?. The van der Waals surface area contributed by atoms with Gasteiger partial charge in [0.05, 0.1) is 17.0 Å². The predicted octanol–water partition coefficient (Wildman–Crippen LogP) is 13.2. The van der Waals surface area contributed by atoms with E-state index in [0.29, 0.717) is 23.0 Å². The van der Waals surface area contributed by atoms with E-state index in [0.717, 1.165) is 45.2 Å². The third-order valence-electron chi connectivity index (χ3n) is 13.8. The highest BCUT2D eigenvalue weighted by Crippen LogP contribution is 2.58. The van der Waals surface area contributed by atoms with E-state index in [9.17, 15) is 5.26 Å². The van der Waals surface area contributed by atoms with Gasteiger partial charge in [0.15, 0.2) is 17.5 Å². The van der Waals surface area contributed by atoms with E-state index in [1.807, 2.05) is 24.3 Å². The minimum atomic E-state index is -0.544. The summed E-state index contributed by atoms with van der Waals surface area (Å²) < 4.78 is 0. The Hall–Kier alpha value is -6.96. The molecule has 11 rings (SSSR count). The fourth-order valence-corrected chi connectivity index (χ4v) is 11.1. The van der Waals surface area contributed by atoms with Crippen molar-refractivity contribution >= 4 is 0 Å². The van der Waals surface area contributed by atoms with E-state index in [1.54, 1.807) is 0 Å². The molecule has 2 saturated carbocycles. The van der Waals surface area contributed by atoms with Crippen LogP contribution in [0.3, 0.4) is 0 Å². The van der Waals surface area contributed by atoms with E-state index in [2.05, 4.69) is 165 Å². The number of nitrogens with zero attached hydrogens (tertiary/aromatic N) is 4. The Labute approximate surface area is 352 Å². The van der Waals surface area contributed by atoms with E-state index in [1.165, 1.54) is 65.5 Å². The van der Waals surface area contributed by atoms with Gasteiger partial charge in [-0.3, -0.25) is 0 Å². The Bertz CT molecular complexity index is 2860. The molecule has 3 atom stereocenters. The van der Waals surface area contributed by atoms with Crippen molar-refractivity contribution in [1.29, 1.82) is 5.26 Å². The molecule has 0 N–H and O–H groups in total. The average molecular weight is 773 g/mol. The molecule has 4 heteroatoms. The molecule has 0 amide bonds. The Kier molecular flexibility index (Phi) is 8.67. The Morgan fingerprint density at radius 1 is 0.467 bits per heavy atom. The number of nitriles is 1. The van der Waals surface area contributed by atoms with Crippen molar-refractivity contribution in [3.05, 3.63) is 209 Å². The van der Waals surface area contributed by atoms with Crippen LogP contribution in [0.4, 0.5) is 0 Å². The summed E-state index contributed by atoms with van der Waals surface area (Å²) in [5.74, 6) is 3.55. The topological polar surface area (TPSA) is 62.5 Å². The van der Waals surface area contributed by atoms with Gasteiger partial charge in [0.1, 0.15) is 0 Å². The molecule has 1 aromatic heterocycles. The minimum Gasteiger partial charge on any atom is -0.208 e. The summed E-state index contributed by atoms with van der Waals surface area (Å²) in [6, 6.07) is 64.7. The Balaban J connectivity index is 1.03. The fraction of sp³-hybridized carbons (Fsp3) is 0.179. The number of rotatable bonds is 7. The first-order valence-corrected chi connectivity index (χ1v) is 21.3. The van der Waals surface area contributed by atoms with Crippen LogP contribution in [-0.4, -0.2) is 15.0 Å². The minimum absolute atomic E-state index is 0.279. The molecule has 1 heterocycles. The van der Waals surface area contributed by atoms with E-state index < -0.39 is 5.41 Å². The molecule has 0 radical (unpaired) electrons. The molecule has 0 saturated heterocycles. The summed E-state index contributed by atoms with van der Waals surface area (Å²) in [5, 5.41) is 9.58. The summed E-state index contributed by atoms with van der Waals surface area (Å²) in [6.45, 7) is 2.49. The lowest BCUT2D eigenvalue weighted by Gasteiger charge is -2.38. The van der Waals surface area contributed by atoms with Crippen LogP contribution >= 0.6 is 0 Å². The molecule has 1 unspecified atom stereocenters. The lowest BCUT2D eigenvalue weighted by Crippen LogP contribution is -2.30. The number of fused-ring (bicyclic) bond motifs is 5. The fourth-order valence-electron chi connectivity index (χ4n) is 11.1. The second-order valence-corrected chi connectivity index (χ2v) is 17.4. The summed E-state index contributed by atoms with van der Waals surface area (Å²) in [7, 11) is 0. The molecular formula is C56H44N4. The molecule has 3 aliphatic rings. The van der Waals surface area contributed by atoms with Crippen molar-refractivity contribution in [3.8, 4) is 62.5 Å². The molecule has 3 aliphatic carbocycles. The van der Waals surface area contributed by atoms with Crippen molar-refractivity contribution < 1.29 is 0 Å². The molecule has 4 nitrogen and oxygen atoms in total. The smallest absolute Gasteiger partial charge is 0.164 e. The molecule has 0 aliphatic heterocycles. The Morgan fingerprint density at radius 2 is 0.950 bits per heavy atom. The number of benzene rings is 7. The zero-order valence-corrected chi connectivity index (χ0v) is 33.7. The van der Waals surface area contributed by atoms with Crippen LogP contribution in [0.25, 0.3) is 56.4 Å². The molecule has 60 heavy (non-hydrogen) atoms. The van der Waals surface area contributed by atoms with Crippen LogP contribution in [0.15, 0.2) is 176 Å². The maximum Gasteiger partial charge on any atom is 0.164 e. The van der Waals surface area contributed by atoms with Crippen LogP contribution in [0, 0.1) is 23.2 Å². The van der Waals surface area contributed by atoms with Gasteiger partial charge in [0, 0.05) is 16.7 Å². The third kappa shape index (κ3) is 5.91. The first kappa shape index (κ1) is 36.1. The van der Waals surface area contributed by atoms with Crippen molar-refractivity contribution in [2.45, 2.75) is 49.9 Å². The van der Waals surface area contributed by atoms with Gasteiger partial charge in [0.25, 0.3) is 0 Å². The van der Waals surface area contributed by atoms with Gasteiger partial charge in [-0.15, -0.1) is 0 Å². The summed E-state index contributed by atoms with van der Waals surface area (Å²) in [5.41, 5.74) is 14.0. The Morgan fingerprint density at radius 3 is 1.55 bits per heavy atom. The lowest BCUT2D eigenvalue weighted by molar-refractivity contribution is 0.232. The van der Waals surface area contributed by atoms with Crippen molar-refractivity contribution in [2.75, 3.05) is 0 Å². The molecule has 0 spiro atoms. The van der Waals surface area contributed by atoms with E-state index >= 15 is 0 Å². The van der Waals surface area contributed by atoms with Crippen LogP contribution in [0.1, 0.15) is 72.4 Å². The van der Waals surface area contributed by atoms with Gasteiger partial charge in [-0.1, -0.05) is 171 Å². The second-order valence-electron chi connectivity index (χ2n) is 17.4. The largest absolute Gasteiger partial charge is 0.208 e. The third-order valence-corrected chi connectivity index (χ3v) is 13.8. The summed E-state index contributed by atoms with van der Waals surface area (Å²) >= 11 is 0. The summed E-state index contributed by atoms with van der Waals surface area (Å²) in [6.07, 6.45) is 6.88. The maximum atomic E-state index is 9.58. The highest BCUT2D eigenvalue weighted by Gasteiger charge is 2.47. The second kappa shape index (κ2) is 14.4. The highest BCUT2D eigenvalue weighted by atomic mass is 15.0. The van der Waals surface area contributed by atoms with Gasteiger partial charge in [-0.25, -0.2) is 15.0 Å². The molecule has 2 bridgehead atoms.